The lowest BCUT2D eigenvalue weighted by Gasteiger charge is -2.36. The molecule has 0 saturated heterocycles. The monoisotopic (exact) mass is 354 g/mol. The van der Waals surface area contributed by atoms with Crippen LogP contribution in [0.4, 0.5) is 39.5 Å². The Bertz CT molecular complexity index is 471. The van der Waals surface area contributed by atoms with E-state index in [1.54, 1.807) is 13.8 Å². The second-order valence-electron chi connectivity index (χ2n) is 5.02. The summed E-state index contributed by atoms with van der Waals surface area (Å²) in [5, 5.41) is -1.76. The number of hydrogen-bond acceptors (Lipinski definition) is 0. The Labute approximate surface area is 120 Å². The van der Waals surface area contributed by atoms with E-state index < -0.39 is 30.7 Å². The molecule has 0 saturated carbocycles. The lowest BCUT2D eigenvalue weighted by Crippen LogP contribution is -2.78. The van der Waals surface area contributed by atoms with Crippen LogP contribution in [0.25, 0.3) is 0 Å². The van der Waals surface area contributed by atoms with Crippen molar-refractivity contribution in [1.29, 1.82) is 0 Å². The third kappa shape index (κ3) is 2.84. The highest BCUT2D eigenvalue weighted by Crippen LogP contribution is 2.49. The quantitative estimate of drug-likeness (QED) is 0.530. The van der Waals surface area contributed by atoms with Gasteiger partial charge in [0, 0.05) is 0 Å². The molecule has 0 radical (unpaired) electrons. The van der Waals surface area contributed by atoms with E-state index in [9.17, 15) is 39.5 Å². The van der Waals surface area contributed by atoms with Crippen molar-refractivity contribution >= 4 is 13.3 Å². The van der Waals surface area contributed by atoms with Gasteiger partial charge in [0.25, 0.3) is 0 Å². The Morgan fingerprint density at radius 1 is 0.682 bits per heavy atom. The van der Waals surface area contributed by atoms with Crippen LogP contribution in [0.2, 0.25) is 0 Å². The molecule has 1 aromatic rings. The molecule has 0 nitrogen and oxygen atoms in total. The van der Waals surface area contributed by atoms with E-state index >= 15 is 0 Å². The first-order valence-corrected chi connectivity index (χ1v) is 7.97. The summed E-state index contributed by atoms with van der Waals surface area (Å²) < 4.78 is 116. The molecule has 22 heavy (non-hydrogen) atoms. The first-order chi connectivity index (χ1) is 9.66. The molecule has 0 atom stereocenters. The van der Waals surface area contributed by atoms with Gasteiger partial charge in [-0.05, 0) is 16.7 Å². The van der Waals surface area contributed by atoms with Crippen molar-refractivity contribution in [1.82, 2.24) is 0 Å². The first kappa shape index (κ1) is 18.9. The van der Waals surface area contributed by atoms with Gasteiger partial charge in [-0.2, -0.15) is 39.5 Å². The summed E-state index contributed by atoms with van der Waals surface area (Å²) in [6.45, 7) is 3.22. The molecular formula is C12H11F9Si. The van der Waals surface area contributed by atoms with Gasteiger partial charge in [0.1, 0.15) is 0 Å². The van der Waals surface area contributed by atoms with Gasteiger partial charge in [0.05, 0.1) is 0 Å². The van der Waals surface area contributed by atoms with Gasteiger partial charge in [0.2, 0.25) is 0 Å². The highest BCUT2D eigenvalue weighted by atomic mass is 28.3. The van der Waals surface area contributed by atoms with Crippen LogP contribution in [0, 0.1) is 0 Å². The van der Waals surface area contributed by atoms with Gasteiger partial charge in [-0.3, -0.25) is 0 Å². The van der Waals surface area contributed by atoms with E-state index in [2.05, 4.69) is 0 Å². The summed E-state index contributed by atoms with van der Waals surface area (Å²) in [5.74, 6) is -19.6. The fourth-order valence-corrected chi connectivity index (χ4v) is 4.70. The summed E-state index contributed by atoms with van der Waals surface area (Å²) in [6, 6.07) is 2.31. The first-order valence-electron chi connectivity index (χ1n) is 5.97. The second-order valence-corrected chi connectivity index (χ2v) is 8.80. The Morgan fingerprint density at radius 2 is 1.00 bits per heavy atom. The van der Waals surface area contributed by atoms with Crippen molar-refractivity contribution in [2.24, 2.45) is 0 Å². The van der Waals surface area contributed by atoms with E-state index in [-0.39, 0.29) is 18.1 Å². The molecular weight excluding hydrogens is 343 g/mol. The van der Waals surface area contributed by atoms with E-state index in [0.717, 1.165) is 12.1 Å². The third-order valence-corrected chi connectivity index (χ3v) is 7.04. The summed E-state index contributed by atoms with van der Waals surface area (Å²) in [6.07, 6.45) is 0. The highest BCUT2D eigenvalue weighted by Gasteiger charge is 2.88. The predicted octanol–water partition coefficient (Wildman–Crippen LogP) is 4.77. The predicted molar refractivity (Wildman–Crippen MR) is 64.1 cm³/mol. The SMILES string of the molecule is CC(C)c1ccc([Si](C(F)(F)F)(C(F)(F)F)C(F)(F)F)cc1. The average Bonchev–Trinajstić information content (AvgIpc) is 2.23. The minimum absolute atomic E-state index is 0.243. The van der Waals surface area contributed by atoms with Crippen molar-refractivity contribution in [2.45, 2.75) is 37.2 Å². The molecule has 0 bridgehead atoms. The zero-order valence-corrected chi connectivity index (χ0v) is 12.3. The van der Waals surface area contributed by atoms with Crippen LogP contribution in [0.1, 0.15) is 25.3 Å². The van der Waals surface area contributed by atoms with E-state index in [1.165, 1.54) is 0 Å². The molecule has 0 spiro atoms. The van der Waals surface area contributed by atoms with Crippen molar-refractivity contribution < 1.29 is 39.5 Å². The molecule has 0 heterocycles. The lowest BCUT2D eigenvalue weighted by atomic mass is 10.0. The molecule has 0 aromatic heterocycles. The number of rotatable bonds is 2. The smallest absolute Gasteiger partial charge is 0.175 e. The maximum absolute atomic E-state index is 12.9. The Morgan fingerprint density at radius 3 is 1.23 bits per heavy atom. The number of benzene rings is 1. The number of halogens is 9. The lowest BCUT2D eigenvalue weighted by molar-refractivity contribution is -0.159. The molecule has 0 aliphatic carbocycles. The van der Waals surface area contributed by atoms with E-state index in [4.69, 9.17) is 0 Å². The van der Waals surface area contributed by atoms with Crippen LogP contribution in [-0.2, 0) is 0 Å². The summed E-state index contributed by atoms with van der Waals surface area (Å²) in [5.41, 5.74) is 0.346. The summed E-state index contributed by atoms with van der Waals surface area (Å²) in [4.78, 5) is 0. The van der Waals surface area contributed by atoms with Gasteiger partial charge >= 0.3 is 25.5 Å². The standard InChI is InChI=1S/C12H11F9Si/c1-7(2)8-3-5-9(6-4-8)22(10(13,14)15,11(16,17)18)12(19,20)21/h3-7H,1-2H3. The van der Waals surface area contributed by atoms with Gasteiger partial charge in [-0.15, -0.1) is 0 Å². The zero-order valence-electron chi connectivity index (χ0n) is 11.3. The van der Waals surface area contributed by atoms with Crippen LogP contribution in [0.3, 0.4) is 0 Å². The molecule has 10 heteroatoms. The van der Waals surface area contributed by atoms with Crippen LogP contribution in [-0.4, -0.2) is 25.5 Å². The minimum atomic E-state index is -7.83. The fourth-order valence-electron chi connectivity index (χ4n) is 2.09. The Hall–Kier alpha value is -1.19. The van der Waals surface area contributed by atoms with Crippen molar-refractivity contribution in [3.63, 3.8) is 0 Å². The highest BCUT2D eigenvalue weighted by molar-refractivity contribution is 6.96. The molecule has 0 fully saturated rings. The zero-order chi connectivity index (χ0) is 17.6. The Balaban J connectivity index is 3.71. The van der Waals surface area contributed by atoms with Gasteiger partial charge in [0.15, 0.2) is 0 Å². The maximum Gasteiger partial charge on any atom is 0.452 e. The summed E-state index contributed by atoms with van der Waals surface area (Å²) >= 11 is 0. The molecule has 1 rings (SSSR count). The molecule has 0 amide bonds. The van der Waals surface area contributed by atoms with E-state index in [1.807, 2.05) is 0 Å². The van der Waals surface area contributed by atoms with E-state index in [0.29, 0.717) is 5.56 Å². The normalized spacial score (nSPS) is 14.5. The molecule has 0 aliphatic rings. The molecule has 0 aliphatic heterocycles. The van der Waals surface area contributed by atoms with Gasteiger partial charge in [-0.25, -0.2) is 0 Å². The van der Waals surface area contributed by atoms with Crippen LogP contribution in [0.5, 0.6) is 0 Å². The minimum Gasteiger partial charge on any atom is -0.175 e. The van der Waals surface area contributed by atoms with Crippen molar-refractivity contribution in [3.8, 4) is 0 Å². The molecule has 1 aromatic carbocycles. The van der Waals surface area contributed by atoms with Crippen molar-refractivity contribution in [3.05, 3.63) is 29.8 Å². The van der Waals surface area contributed by atoms with Gasteiger partial charge < -0.3 is 0 Å². The topological polar surface area (TPSA) is 0 Å². The molecule has 0 unspecified atom stereocenters. The van der Waals surface area contributed by atoms with Crippen LogP contribution < -0.4 is 5.19 Å². The van der Waals surface area contributed by atoms with Crippen LogP contribution in [0.15, 0.2) is 24.3 Å². The average molecular weight is 354 g/mol. The maximum atomic E-state index is 12.9. The van der Waals surface area contributed by atoms with Crippen molar-refractivity contribution in [2.75, 3.05) is 0 Å². The molecule has 126 valence electrons. The third-order valence-electron chi connectivity index (χ3n) is 3.29. The van der Waals surface area contributed by atoms with Crippen LogP contribution >= 0.6 is 0 Å². The number of hydrogen-bond donors (Lipinski definition) is 0. The summed E-state index contributed by atoms with van der Waals surface area (Å²) in [7, 11) is -7.83. The largest absolute Gasteiger partial charge is 0.452 e. The second kappa shape index (κ2) is 5.46. The van der Waals surface area contributed by atoms with Gasteiger partial charge in [-0.1, -0.05) is 38.1 Å². The number of alkyl halides is 9. The molecule has 0 N–H and O–H groups in total. The Kier molecular flexibility index (Phi) is 4.68. The fraction of sp³-hybridized carbons (Fsp3) is 0.500.